The van der Waals surface area contributed by atoms with Crippen LogP contribution in [0.3, 0.4) is 0 Å². The van der Waals surface area contributed by atoms with Gasteiger partial charge in [0.25, 0.3) is 5.91 Å². The zero-order valence-electron chi connectivity index (χ0n) is 12.5. The van der Waals surface area contributed by atoms with Crippen LogP contribution < -0.4 is 15.8 Å². The van der Waals surface area contributed by atoms with Crippen molar-refractivity contribution < 1.29 is 9.53 Å². The molecule has 0 spiro atoms. The Morgan fingerprint density at radius 2 is 2.20 bits per heavy atom. The zero-order valence-corrected chi connectivity index (χ0v) is 12.5. The highest BCUT2D eigenvalue weighted by Gasteiger charge is 2.19. The van der Waals surface area contributed by atoms with Crippen LogP contribution in [0.15, 0.2) is 18.2 Å². The Hall–Kier alpha value is -1.55. The lowest BCUT2D eigenvalue weighted by Crippen LogP contribution is -2.38. The van der Waals surface area contributed by atoms with Crippen molar-refractivity contribution in [1.29, 1.82) is 0 Å². The second-order valence-electron chi connectivity index (χ2n) is 5.89. The summed E-state index contributed by atoms with van der Waals surface area (Å²) in [7, 11) is 0. The minimum Gasteiger partial charge on any atom is -0.484 e. The van der Waals surface area contributed by atoms with Crippen molar-refractivity contribution >= 4 is 5.91 Å². The van der Waals surface area contributed by atoms with E-state index in [1.54, 1.807) is 0 Å². The van der Waals surface area contributed by atoms with E-state index < -0.39 is 0 Å². The number of nitrogens with one attached hydrogen (secondary N) is 1. The molecule has 0 aromatic heterocycles. The van der Waals surface area contributed by atoms with Gasteiger partial charge < -0.3 is 15.8 Å². The zero-order chi connectivity index (χ0) is 14.7. The minimum absolute atomic E-state index is 0.0574. The lowest BCUT2D eigenvalue weighted by atomic mass is 10.1. The monoisotopic (exact) mass is 276 g/mol. The molecular formula is C16H24N2O2. The van der Waals surface area contributed by atoms with Crippen LogP contribution in [0.25, 0.3) is 0 Å². The van der Waals surface area contributed by atoms with Gasteiger partial charge in [0.2, 0.25) is 0 Å². The third kappa shape index (κ3) is 3.51. The Bertz CT molecular complexity index is 485. The first kappa shape index (κ1) is 14.9. The molecule has 4 heteroatoms. The molecular weight excluding hydrogens is 252 g/mol. The van der Waals surface area contributed by atoms with E-state index in [2.05, 4.69) is 19.2 Å². The fraction of sp³-hybridized carbons (Fsp3) is 0.562. The highest BCUT2D eigenvalue weighted by molar-refractivity contribution is 5.77. The van der Waals surface area contributed by atoms with Gasteiger partial charge in [-0.25, -0.2) is 0 Å². The number of hydrogen-bond acceptors (Lipinski definition) is 3. The molecule has 1 aliphatic rings. The second kappa shape index (κ2) is 6.27. The molecule has 0 aliphatic heterocycles. The van der Waals surface area contributed by atoms with Crippen molar-refractivity contribution in [3.05, 3.63) is 29.3 Å². The summed E-state index contributed by atoms with van der Waals surface area (Å²) < 4.78 is 5.56. The van der Waals surface area contributed by atoms with Crippen LogP contribution >= 0.6 is 0 Å². The van der Waals surface area contributed by atoms with E-state index in [0.29, 0.717) is 5.92 Å². The van der Waals surface area contributed by atoms with Gasteiger partial charge in [0.05, 0.1) is 0 Å². The molecule has 0 fully saturated rings. The third-order valence-electron chi connectivity index (χ3n) is 4.00. The molecule has 1 aromatic carbocycles. The topological polar surface area (TPSA) is 64.3 Å². The number of carbonyl (C=O) groups is 1. The Morgan fingerprint density at radius 1 is 1.45 bits per heavy atom. The van der Waals surface area contributed by atoms with E-state index in [9.17, 15) is 4.79 Å². The molecule has 1 aromatic rings. The third-order valence-corrected chi connectivity index (χ3v) is 4.00. The molecule has 1 aliphatic carbocycles. The second-order valence-corrected chi connectivity index (χ2v) is 5.89. The summed E-state index contributed by atoms with van der Waals surface area (Å²) in [5.74, 6) is 1.08. The summed E-state index contributed by atoms with van der Waals surface area (Å²) in [5.41, 5.74) is 8.44. The first-order valence-electron chi connectivity index (χ1n) is 7.28. The molecule has 110 valence electrons. The standard InChI is InChI=1S/C16H24N2O2/c1-10(2)11(3)18-16(19)9-20-13-5-6-14-12(8-13)4-7-15(14)17/h5-6,8,10-11,15H,4,7,9,17H2,1-3H3,(H,18,19). The predicted molar refractivity (Wildman–Crippen MR) is 79.6 cm³/mol. The van der Waals surface area contributed by atoms with Crippen molar-refractivity contribution in [2.75, 3.05) is 6.61 Å². The highest BCUT2D eigenvalue weighted by atomic mass is 16.5. The summed E-state index contributed by atoms with van der Waals surface area (Å²) in [6.45, 7) is 6.21. The number of rotatable bonds is 5. The van der Waals surface area contributed by atoms with Crippen LogP contribution in [0.4, 0.5) is 0 Å². The molecule has 0 heterocycles. The Morgan fingerprint density at radius 3 is 2.90 bits per heavy atom. The molecule has 2 unspecified atom stereocenters. The van der Waals surface area contributed by atoms with Crippen LogP contribution in [0.2, 0.25) is 0 Å². The smallest absolute Gasteiger partial charge is 0.258 e. The Balaban J connectivity index is 1.87. The molecule has 0 saturated carbocycles. The summed E-state index contributed by atoms with van der Waals surface area (Å²) in [6, 6.07) is 6.21. The molecule has 0 saturated heterocycles. The van der Waals surface area contributed by atoms with Gasteiger partial charge in [-0.3, -0.25) is 4.79 Å². The van der Waals surface area contributed by atoms with E-state index >= 15 is 0 Å². The number of carbonyl (C=O) groups excluding carboxylic acids is 1. The van der Waals surface area contributed by atoms with Crippen molar-refractivity contribution in [3.8, 4) is 5.75 Å². The van der Waals surface area contributed by atoms with E-state index in [-0.39, 0.29) is 24.6 Å². The van der Waals surface area contributed by atoms with Crippen molar-refractivity contribution in [2.24, 2.45) is 11.7 Å². The summed E-state index contributed by atoms with van der Waals surface area (Å²) in [4.78, 5) is 11.8. The predicted octanol–water partition coefficient (Wildman–Crippen LogP) is 2.17. The van der Waals surface area contributed by atoms with Crippen LogP contribution in [0, 0.1) is 5.92 Å². The van der Waals surface area contributed by atoms with Crippen LogP contribution in [0.1, 0.15) is 44.4 Å². The Kier molecular flexibility index (Phi) is 4.65. The highest BCUT2D eigenvalue weighted by Crippen LogP contribution is 2.31. The first-order valence-corrected chi connectivity index (χ1v) is 7.28. The Labute approximate surface area is 120 Å². The number of benzene rings is 1. The van der Waals surface area contributed by atoms with E-state index in [0.717, 1.165) is 18.6 Å². The van der Waals surface area contributed by atoms with Gasteiger partial charge in [-0.15, -0.1) is 0 Å². The largest absolute Gasteiger partial charge is 0.484 e. The summed E-state index contributed by atoms with van der Waals surface area (Å²) >= 11 is 0. The lowest BCUT2D eigenvalue weighted by Gasteiger charge is -2.17. The fourth-order valence-corrected chi connectivity index (χ4v) is 2.33. The molecule has 2 rings (SSSR count). The molecule has 1 amide bonds. The van der Waals surface area contributed by atoms with Crippen molar-refractivity contribution in [2.45, 2.75) is 45.7 Å². The number of nitrogens with two attached hydrogens (primary N) is 1. The van der Waals surface area contributed by atoms with Gasteiger partial charge in [0.1, 0.15) is 5.75 Å². The normalized spacial score (nSPS) is 18.8. The van der Waals surface area contributed by atoms with E-state index in [4.69, 9.17) is 10.5 Å². The number of ether oxygens (including phenoxy) is 1. The van der Waals surface area contributed by atoms with Crippen molar-refractivity contribution in [3.63, 3.8) is 0 Å². The minimum atomic E-state index is -0.0802. The average Bonchev–Trinajstić information content (AvgIpc) is 2.77. The first-order chi connectivity index (χ1) is 9.47. The lowest BCUT2D eigenvalue weighted by molar-refractivity contribution is -0.124. The van der Waals surface area contributed by atoms with Gasteiger partial charge in [0.15, 0.2) is 6.61 Å². The van der Waals surface area contributed by atoms with Gasteiger partial charge in [-0.1, -0.05) is 19.9 Å². The van der Waals surface area contributed by atoms with Crippen molar-refractivity contribution in [1.82, 2.24) is 5.32 Å². The van der Waals surface area contributed by atoms with Gasteiger partial charge >= 0.3 is 0 Å². The van der Waals surface area contributed by atoms with Crippen LogP contribution in [0.5, 0.6) is 5.75 Å². The molecule has 3 N–H and O–H groups in total. The molecule has 20 heavy (non-hydrogen) atoms. The van der Waals surface area contributed by atoms with Gasteiger partial charge in [-0.05, 0) is 48.9 Å². The molecule has 0 bridgehead atoms. The van der Waals surface area contributed by atoms with Crippen LogP contribution in [-0.4, -0.2) is 18.6 Å². The number of aryl methyl sites for hydroxylation is 1. The quantitative estimate of drug-likeness (QED) is 0.866. The molecule has 4 nitrogen and oxygen atoms in total. The maximum atomic E-state index is 11.8. The number of hydrogen-bond donors (Lipinski definition) is 2. The molecule has 2 atom stereocenters. The van der Waals surface area contributed by atoms with Gasteiger partial charge in [0, 0.05) is 12.1 Å². The van der Waals surface area contributed by atoms with Gasteiger partial charge in [-0.2, -0.15) is 0 Å². The maximum Gasteiger partial charge on any atom is 0.258 e. The number of fused-ring (bicyclic) bond motifs is 1. The maximum absolute atomic E-state index is 11.8. The average molecular weight is 276 g/mol. The van der Waals surface area contributed by atoms with E-state index in [1.807, 2.05) is 25.1 Å². The summed E-state index contributed by atoms with van der Waals surface area (Å²) in [5, 5.41) is 2.93. The molecule has 0 radical (unpaired) electrons. The SMILES string of the molecule is CC(C)C(C)NC(=O)COc1ccc2c(c1)CCC2N. The van der Waals surface area contributed by atoms with Crippen LogP contribution in [-0.2, 0) is 11.2 Å². The van der Waals surface area contributed by atoms with E-state index in [1.165, 1.54) is 11.1 Å². The summed E-state index contributed by atoms with van der Waals surface area (Å²) in [6.07, 6.45) is 1.98. The fourth-order valence-electron chi connectivity index (χ4n) is 2.33. The number of amides is 1.